The predicted molar refractivity (Wildman–Crippen MR) is 84.6 cm³/mol. The summed E-state index contributed by atoms with van der Waals surface area (Å²) < 4.78 is 1.45. The molecule has 120 valence electrons. The lowest BCUT2D eigenvalue weighted by atomic mass is 10.1. The monoisotopic (exact) mass is 324 g/mol. The molecule has 1 N–H and O–H groups in total. The van der Waals surface area contributed by atoms with Gasteiger partial charge in [0.1, 0.15) is 0 Å². The van der Waals surface area contributed by atoms with Gasteiger partial charge in [0.05, 0.1) is 29.4 Å². The quantitative estimate of drug-likeness (QED) is 0.564. The molecular weight excluding hydrogens is 312 g/mol. The number of nitrogens with one attached hydrogen (secondary N) is 1. The van der Waals surface area contributed by atoms with Gasteiger partial charge in [-0.1, -0.05) is 12.1 Å². The topological polar surface area (TPSA) is 116 Å². The number of amides is 1. The Labute approximate surface area is 136 Å². The third-order valence-electron chi connectivity index (χ3n) is 3.14. The van der Waals surface area contributed by atoms with Crippen molar-refractivity contribution in [2.24, 2.45) is 0 Å². The first kappa shape index (κ1) is 15.3. The summed E-state index contributed by atoms with van der Waals surface area (Å²) in [5.74, 6) is 0.144. The van der Waals surface area contributed by atoms with Gasteiger partial charge < -0.3 is 5.32 Å². The number of carbonyl (C=O) groups is 1. The molecule has 0 atom stereocenters. The predicted octanol–water partition coefficient (Wildman–Crippen LogP) is 1.75. The third kappa shape index (κ3) is 3.58. The number of nitrogens with zero attached hydrogens (tertiary/aromatic N) is 5. The number of nitro benzene ring substituents is 1. The molecule has 0 aliphatic heterocycles. The van der Waals surface area contributed by atoms with E-state index in [4.69, 9.17) is 0 Å². The van der Waals surface area contributed by atoms with Crippen LogP contribution in [0.1, 0.15) is 5.56 Å². The van der Waals surface area contributed by atoms with E-state index in [-0.39, 0.29) is 18.0 Å². The summed E-state index contributed by atoms with van der Waals surface area (Å²) in [6.45, 7) is 0. The van der Waals surface area contributed by atoms with Crippen LogP contribution in [0.2, 0.25) is 0 Å². The van der Waals surface area contributed by atoms with Crippen molar-refractivity contribution in [3.8, 4) is 5.95 Å². The molecule has 24 heavy (non-hydrogen) atoms. The van der Waals surface area contributed by atoms with E-state index in [1.165, 1.54) is 23.0 Å². The average Bonchev–Trinajstić information content (AvgIpc) is 3.04. The first-order chi connectivity index (χ1) is 11.6. The van der Waals surface area contributed by atoms with Crippen molar-refractivity contribution in [1.29, 1.82) is 0 Å². The van der Waals surface area contributed by atoms with Crippen LogP contribution in [0.25, 0.3) is 5.95 Å². The number of hydrogen-bond donors (Lipinski definition) is 1. The summed E-state index contributed by atoms with van der Waals surface area (Å²) in [5.41, 5.74) is 1.18. The minimum Gasteiger partial charge on any atom is -0.323 e. The van der Waals surface area contributed by atoms with Crippen LogP contribution in [-0.4, -0.2) is 30.6 Å². The smallest absolute Gasteiger partial charge is 0.269 e. The zero-order valence-corrected chi connectivity index (χ0v) is 12.4. The number of aromatic nitrogens is 4. The summed E-state index contributed by atoms with van der Waals surface area (Å²) in [4.78, 5) is 30.3. The van der Waals surface area contributed by atoms with Gasteiger partial charge in [-0.05, 0) is 11.6 Å². The molecule has 3 rings (SSSR count). The van der Waals surface area contributed by atoms with E-state index >= 15 is 0 Å². The standard InChI is InChI=1S/C15H12N6O3/c22-14(8-11-2-4-13(5-3-11)21(23)24)19-12-9-18-20(10-12)15-16-6-1-7-17-15/h1-7,9-10H,8H2,(H,19,22). The lowest BCUT2D eigenvalue weighted by Gasteiger charge is -2.02. The molecule has 9 nitrogen and oxygen atoms in total. The Morgan fingerprint density at radius 2 is 1.92 bits per heavy atom. The second-order valence-electron chi connectivity index (χ2n) is 4.87. The maximum Gasteiger partial charge on any atom is 0.269 e. The minimum atomic E-state index is -0.482. The van der Waals surface area contributed by atoms with Crippen LogP contribution in [0.3, 0.4) is 0 Å². The molecular formula is C15H12N6O3. The Morgan fingerprint density at radius 3 is 2.58 bits per heavy atom. The van der Waals surface area contributed by atoms with Gasteiger partial charge >= 0.3 is 0 Å². The average molecular weight is 324 g/mol. The summed E-state index contributed by atoms with van der Waals surface area (Å²) in [5, 5.41) is 17.4. The van der Waals surface area contributed by atoms with Crippen LogP contribution in [0.5, 0.6) is 0 Å². The molecule has 3 aromatic rings. The maximum atomic E-state index is 12.0. The number of nitro groups is 1. The number of carbonyl (C=O) groups excluding carboxylic acids is 1. The Morgan fingerprint density at radius 1 is 1.21 bits per heavy atom. The number of rotatable bonds is 5. The van der Waals surface area contributed by atoms with Gasteiger partial charge in [0, 0.05) is 24.5 Å². The van der Waals surface area contributed by atoms with Gasteiger partial charge in [-0.2, -0.15) is 5.10 Å². The normalized spacial score (nSPS) is 10.3. The zero-order chi connectivity index (χ0) is 16.9. The fraction of sp³-hybridized carbons (Fsp3) is 0.0667. The molecule has 2 heterocycles. The molecule has 0 saturated carbocycles. The van der Waals surface area contributed by atoms with Crippen LogP contribution in [-0.2, 0) is 11.2 Å². The van der Waals surface area contributed by atoms with Gasteiger partial charge in [-0.15, -0.1) is 0 Å². The molecule has 1 amide bonds. The number of anilines is 1. The molecule has 0 spiro atoms. The van der Waals surface area contributed by atoms with Crippen molar-refractivity contribution in [1.82, 2.24) is 19.7 Å². The molecule has 0 bridgehead atoms. The summed E-state index contributed by atoms with van der Waals surface area (Å²) in [6, 6.07) is 7.54. The van der Waals surface area contributed by atoms with Crippen molar-refractivity contribution in [3.63, 3.8) is 0 Å². The highest BCUT2D eigenvalue weighted by Crippen LogP contribution is 2.13. The molecule has 0 aliphatic carbocycles. The van der Waals surface area contributed by atoms with E-state index in [0.717, 1.165) is 0 Å². The second-order valence-corrected chi connectivity index (χ2v) is 4.87. The van der Waals surface area contributed by atoms with Gasteiger partial charge in [0.2, 0.25) is 11.9 Å². The second kappa shape index (κ2) is 6.65. The van der Waals surface area contributed by atoms with Crippen molar-refractivity contribution < 1.29 is 9.72 Å². The fourth-order valence-corrected chi connectivity index (χ4v) is 2.03. The summed E-state index contributed by atoms with van der Waals surface area (Å²) >= 11 is 0. The first-order valence-electron chi connectivity index (χ1n) is 6.97. The van der Waals surface area contributed by atoms with E-state index in [9.17, 15) is 14.9 Å². The first-order valence-corrected chi connectivity index (χ1v) is 6.97. The molecule has 0 saturated heterocycles. The van der Waals surface area contributed by atoms with E-state index < -0.39 is 4.92 Å². The highest BCUT2D eigenvalue weighted by atomic mass is 16.6. The molecule has 0 unspecified atom stereocenters. The minimum absolute atomic E-state index is 0.0108. The summed E-state index contributed by atoms with van der Waals surface area (Å²) in [6.07, 6.45) is 6.38. The van der Waals surface area contributed by atoms with Crippen LogP contribution >= 0.6 is 0 Å². The third-order valence-corrected chi connectivity index (χ3v) is 3.14. The molecule has 0 fully saturated rings. The van der Waals surface area contributed by atoms with Gasteiger partial charge in [0.25, 0.3) is 5.69 Å². The Kier molecular flexibility index (Phi) is 4.23. The Bertz CT molecular complexity index is 860. The van der Waals surface area contributed by atoms with Crippen molar-refractivity contribution in [3.05, 3.63) is 70.8 Å². The maximum absolute atomic E-state index is 12.0. The number of hydrogen-bond acceptors (Lipinski definition) is 6. The highest BCUT2D eigenvalue weighted by Gasteiger charge is 2.09. The largest absolute Gasteiger partial charge is 0.323 e. The highest BCUT2D eigenvalue weighted by molar-refractivity contribution is 5.92. The Hall–Kier alpha value is -3.62. The van der Waals surface area contributed by atoms with Gasteiger partial charge in [0.15, 0.2) is 0 Å². The number of non-ortho nitro benzene ring substituents is 1. The Balaban J connectivity index is 1.63. The summed E-state index contributed by atoms with van der Waals surface area (Å²) in [7, 11) is 0. The van der Waals surface area contributed by atoms with E-state index in [1.54, 1.807) is 36.8 Å². The molecule has 0 aliphatic rings. The molecule has 9 heteroatoms. The SMILES string of the molecule is O=C(Cc1ccc([N+](=O)[O-])cc1)Nc1cnn(-c2ncccn2)c1. The molecule has 2 aromatic heterocycles. The van der Waals surface area contributed by atoms with Crippen molar-refractivity contribution in [2.75, 3.05) is 5.32 Å². The van der Waals surface area contributed by atoms with E-state index in [2.05, 4.69) is 20.4 Å². The van der Waals surface area contributed by atoms with Crippen LogP contribution < -0.4 is 5.32 Å². The van der Waals surface area contributed by atoms with E-state index in [0.29, 0.717) is 17.2 Å². The van der Waals surface area contributed by atoms with E-state index in [1.807, 2.05) is 0 Å². The number of benzene rings is 1. The zero-order valence-electron chi connectivity index (χ0n) is 12.4. The molecule has 0 radical (unpaired) electrons. The van der Waals surface area contributed by atoms with Crippen LogP contribution in [0.15, 0.2) is 55.1 Å². The van der Waals surface area contributed by atoms with Crippen molar-refractivity contribution in [2.45, 2.75) is 6.42 Å². The molecule has 1 aromatic carbocycles. The van der Waals surface area contributed by atoms with Gasteiger partial charge in [-0.3, -0.25) is 14.9 Å². The fourth-order valence-electron chi connectivity index (χ4n) is 2.03. The lowest BCUT2D eigenvalue weighted by molar-refractivity contribution is -0.384. The lowest BCUT2D eigenvalue weighted by Crippen LogP contribution is -2.14. The van der Waals surface area contributed by atoms with Gasteiger partial charge in [-0.25, -0.2) is 14.6 Å². The van der Waals surface area contributed by atoms with Crippen LogP contribution in [0.4, 0.5) is 11.4 Å². The van der Waals surface area contributed by atoms with Crippen molar-refractivity contribution >= 4 is 17.3 Å². The van der Waals surface area contributed by atoms with Crippen LogP contribution in [0, 0.1) is 10.1 Å².